The van der Waals surface area contributed by atoms with Crippen molar-refractivity contribution in [3.8, 4) is 0 Å². The molecule has 10 heteroatoms. The van der Waals surface area contributed by atoms with E-state index in [0.717, 1.165) is 23.8 Å². The Morgan fingerprint density at radius 2 is 1.68 bits per heavy atom. The van der Waals surface area contributed by atoms with Crippen molar-refractivity contribution in [2.24, 2.45) is 0 Å². The fraction of sp³-hybridized carbons (Fsp3) is 0.500. The van der Waals surface area contributed by atoms with E-state index in [2.05, 4.69) is 5.32 Å². The highest BCUT2D eigenvalue weighted by Crippen LogP contribution is 2.25. The molecule has 0 fully saturated rings. The fourth-order valence-corrected chi connectivity index (χ4v) is 5.50. The molecule has 0 heterocycles. The van der Waals surface area contributed by atoms with Gasteiger partial charge < -0.3 is 10.2 Å². The molecule has 210 valence electrons. The summed E-state index contributed by atoms with van der Waals surface area (Å²) in [5, 5.41) is 3.86. The monoisotopic (exact) mass is 583 g/mol. The number of hydrogen-bond donors (Lipinski definition) is 1. The standard InChI is InChI=1S/C28H39Cl2N3O4S/c1-7-21(5)31-28(35)26(8-2)32(18-22-12-13-23(29)17-25(22)30)27(34)10-9-15-33(38(6,36)37)24-14-11-19(3)20(4)16-24/h11-14,16-17,21,26H,7-10,15,18H2,1-6H3,(H,31,35)/t21-,26-/m0/s1. The number of aryl methyl sites for hydroxylation is 2. The largest absolute Gasteiger partial charge is 0.352 e. The van der Waals surface area contributed by atoms with E-state index in [1.165, 1.54) is 9.21 Å². The predicted molar refractivity (Wildman–Crippen MR) is 156 cm³/mol. The van der Waals surface area contributed by atoms with Crippen LogP contribution in [0.4, 0.5) is 5.69 Å². The second-order valence-corrected chi connectivity index (χ2v) is 12.5. The molecule has 0 saturated heterocycles. The number of anilines is 1. The van der Waals surface area contributed by atoms with Crippen LogP contribution in [0.2, 0.25) is 10.0 Å². The van der Waals surface area contributed by atoms with Gasteiger partial charge in [-0.3, -0.25) is 13.9 Å². The molecule has 0 bridgehead atoms. The van der Waals surface area contributed by atoms with Gasteiger partial charge in [-0.05, 0) is 81.0 Å². The molecular weight excluding hydrogens is 545 g/mol. The predicted octanol–water partition coefficient (Wildman–Crippen LogP) is 5.88. The Hall–Kier alpha value is -2.29. The minimum absolute atomic E-state index is 0.0334. The molecule has 2 rings (SSSR count). The SMILES string of the molecule is CC[C@H](C)NC(=O)[C@H](CC)N(Cc1ccc(Cl)cc1Cl)C(=O)CCCN(c1ccc(C)c(C)c1)S(C)(=O)=O. The van der Waals surface area contributed by atoms with Crippen LogP contribution < -0.4 is 9.62 Å². The lowest BCUT2D eigenvalue weighted by Crippen LogP contribution is -2.50. The number of carbonyl (C=O) groups excluding carboxylic acids is 2. The number of nitrogens with one attached hydrogen (secondary N) is 1. The summed E-state index contributed by atoms with van der Waals surface area (Å²) in [6.07, 6.45) is 2.68. The van der Waals surface area contributed by atoms with Gasteiger partial charge in [0.1, 0.15) is 6.04 Å². The van der Waals surface area contributed by atoms with Crippen LogP contribution in [0.25, 0.3) is 0 Å². The molecule has 2 aromatic carbocycles. The van der Waals surface area contributed by atoms with Gasteiger partial charge in [-0.25, -0.2) is 8.42 Å². The lowest BCUT2D eigenvalue weighted by Gasteiger charge is -2.32. The summed E-state index contributed by atoms with van der Waals surface area (Å²) in [6, 6.07) is 9.80. The van der Waals surface area contributed by atoms with E-state index < -0.39 is 16.1 Å². The van der Waals surface area contributed by atoms with Gasteiger partial charge in [0.2, 0.25) is 21.8 Å². The van der Waals surface area contributed by atoms with E-state index in [0.29, 0.717) is 27.7 Å². The Labute approximate surface area is 237 Å². The first-order valence-corrected chi connectivity index (χ1v) is 15.5. The smallest absolute Gasteiger partial charge is 0.243 e. The van der Waals surface area contributed by atoms with E-state index in [1.54, 1.807) is 24.3 Å². The zero-order valence-electron chi connectivity index (χ0n) is 23.1. The van der Waals surface area contributed by atoms with E-state index >= 15 is 0 Å². The molecule has 2 amide bonds. The van der Waals surface area contributed by atoms with Crippen molar-refractivity contribution in [1.29, 1.82) is 0 Å². The average molecular weight is 585 g/mol. The van der Waals surface area contributed by atoms with Crippen LogP contribution in [0.5, 0.6) is 0 Å². The molecule has 7 nitrogen and oxygen atoms in total. The minimum Gasteiger partial charge on any atom is -0.352 e. The molecule has 0 saturated carbocycles. The first-order valence-electron chi connectivity index (χ1n) is 12.9. The fourth-order valence-electron chi connectivity index (χ4n) is 4.08. The molecule has 0 spiro atoms. The van der Waals surface area contributed by atoms with Gasteiger partial charge in [0.15, 0.2) is 0 Å². The van der Waals surface area contributed by atoms with E-state index in [4.69, 9.17) is 23.2 Å². The number of hydrogen-bond acceptors (Lipinski definition) is 4. The summed E-state index contributed by atoms with van der Waals surface area (Å²) >= 11 is 12.5. The van der Waals surface area contributed by atoms with Crippen LogP contribution in [-0.4, -0.2) is 50.0 Å². The second-order valence-electron chi connectivity index (χ2n) is 9.71. The minimum atomic E-state index is -3.56. The number of sulfonamides is 1. The Morgan fingerprint density at radius 1 is 1.00 bits per heavy atom. The lowest BCUT2D eigenvalue weighted by molar-refractivity contribution is -0.141. The van der Waals surface area contributed by atoms with Crippen molar-refractivity contribution in [3.63, 3.8) is 0 Å². The number of halogens is 2. The zero-order chi connectivity index (χ0) is 28.6. The molecule has 0 aliphatic rings. The third kappa shape index (κ3) is 8.89. The van der Waals surface area contributed by atoms with Crippen LogP contribution in [0, 0.1) is 13.8 Å². The molecule has 2 aromatic rings. The van der Waals surface area contributed by atoms with Crippen LogP contribution in [0.15, 0.2) is 36.4 Å². The molecule has 0 unspecified atom stereocenters. The molecule has 0 aliphatic carbocycles. The van der Waals surface area contributed by atoms with E-state index in [1.807, 2.05) is 46.8 Å². The highest BCUT2D eigenvalue weighted by Gasteiger charge is 2.30. The number of carbonyl (C=O) groups is 2. The topological polar surface area (TPSA) is 86.8 Å². The Balaban J connectivity index is 2.28. The third-order valence-corrected chi connectivity index (χ3v) is 8.45. The Kier molecular flexibility index (Phi) is 11.9. The van der Waals surface area contributed by atoms with E-state index in [9.17, 15) is 18.0 Å². The molecule has 1 N–H and O–H groups in total. The highest BCUT2D eigenvalue weighted by atomic mass is 35.5. The van der Waals surface area contributed by atoms with Crippen LogP contribution in [0.3, 0.4) is 0 Å². The first kappa shape index (κ1) is 31.9. The first-order chi connectivity index (χ1) is 17.8. The lowest BCUT2D eigenvalue weighted by atomic mass is 10.1. The normalized spacial score (nSPS) is 13.1. The van der Waals surface area contributed by atoms with Crippen molar-refractivity contribution in [2.45, 2.75) is 78.9 Å². The van der Waals surface area contributed by atoms with Crippen molar-refractivity contribution >= 4 is 50.7 Å². The summed E-state index contributed by atoms with van der Waals surface area (Å²) in [6.45, 7) is 9.91. The zero-order valence-corrected chi connectivity index (χ0v) is 25.4. The van der Waals surface area contributed by atoms with Gasteiger partial charge in [0.25, 0.3) is 0 Å². The molecule has 0 aromatic heterocycles. The van der Waals surface area contributed by atoms with Crippen molar-refractivity contribution < 1.29 is 18.0 Å². The van der Waals surface area contributed by atoms with Crippen molar-refractivity contribution in [1.82, 2.24) is 10.2 Å². The highest BCUT2D eigenvalue weighted by molar-refractivity contribution is 7.92. The second kappa shape index (κ2) is 14.2. The van der Waals surface area contributed by atoms with Gasteiger partial charge in [-0.1, -0.05) is 49.2 Å². The summed E-state index contributed by atoms with van der Waals surface area (Å²) in [5.41, 5.74) is 3.28. The number of rotatable bonds is 13. The molecule has 0 aliphatic heterocycles. The van der Waals surface area contributed by atoms with Crippen LogP contribution in [0.1, 0.15) is 63.1 Å². The summed E-state index contributed by atoms with van der Waals surface area (Å²) in [7, 11) is -3.56. The van der Waals surface area contributed by atoms with Gasteiger partial charge in [0, 0.05) is 35.6 Å². The molecule has 0 radical (unpaired) electrons. The van der Waals surface area contributed by atoms with Gasteiger partial charge >= 0.3 is 0 Å². The van der Waals surface area contributed by atoms with Crippen molar-refractivity contribution in [2.75, 3.05) is 17.1 Å². The van der Waals surface area contributed by atoms with Gasteiger partial charge in [-0.15, -0.1) is 0 Å². The van der Waals surface area contributed by atoms with Crippen molar-refractivity contribution in [3.05, 3.63) is 63.1 Å². The molecule has 38 heavy (non-hydrogen) atoms. The third-order valence-electron chi connectivity index (χ3n) is 6.67. The quantitative estimate of drug-likeness (QED) is 0.319. The summed E-state index contributed by atoms with van der Waals surface area (Å²) < 4.78 is 26.5. The van der Waals surface area contributed by atoms with Gasteiger partial charge in [-0.2, -0.15) is 0 Å². The maximum atomic E-state index is 13.6. The number of benzene rings is 2. The Morgan fingerprint density at radius 3 is 2.24 bits per heavy atom. The maximum absolute atomic E-state index is 13.6. The number of nitrogens with zero attached hydrogens (tertiary/aromatic N) is 2. The van der Waals surface area contributed by atoms with Crippen LogP contribution >= 0.6 is 23.2 Å². The molecular formula is C28H39Cl2N3O4S. The molecule has 2 atom stereocenters. The van der Waals surface area contributed by atoms with Crippen LogP contribution in [-0.2, 0) is 26.2 Å². The Bertz CT molecular complexity index is 1240. The summed E-state index contributed by atoms with van der Waals surface area (Å²) in [4.78, 5) is 28.2. The average Bonchev–Trinajstić information content (AvgIpc) is 2.83. The van der Waals surface area contributed by atoms with E-state index in [-0.39, 0.29) is 43.8 Å². The summed E-state index contributed by atoms with van der Waals surface area (Å²) in [5.74, 6) is -0.483. The number of amides is 2. The maximum Gasteiger partial charge on any atom is 0.243 e. The van der Waals surface area contributed by atoms with Gasteiger partial charge in [0.05, 0.1) is 11.9 Å².